The number of anilines is 1. The Labute approximate surface area is 126 Å². The maximum absolute atomic E-state index is 12.3. The molecule has 2 aromatic heterocycles. The number of hydrogen-bond acceptors (Lipinski definition) is 5. The van der Waals surface area contributed by atoms with Crippen molar-refractivity contribution in [2.24, 2.45) is 0 Å². The summed E-state index contributed by atoms with van der Waals surface area (Å²) >= 11 is 0. The topological polar surface area (TPSA) is 121 Å². The van der Waals surface area contributed by atoms with Gasteiger partial charge in [-0.3, -0.25) is 9.89 Å². The second-order valence-electron chi connectivity index (χ2n) is 5.22. The van der Waals surface area contributed by atoms with Crippen molar-refractivity contribution in [3.8, 4) is 11.4 Å². The van der Waals surface area contributed by atoms with Crippen LogP contribution in [0.3, 0.4) is 0 Å². The van der Waals surface area contributed by atoms with Gasteiger partial charge in [-0.25, -0.2) is 4.98 Å². The van der Waals surface area contributed by atoms with Crippen molar-refractivity contribution in [1.82, 2.24) is 20.2 Å². The number of nitrogens with two attached hydrogens (primary N) is 1. The number of rotatable bonds is 4. The molecule has 7 heteroatoms. The molecule has 1 aromatic carbocycles. The molecule has 0 aliphatic carbocycles. The molecule has 114 valence electrons. The first-order valence-electron chi connectivity index (χ1n) is 7.05. The predicted octanol–water partition coefficient (Wildman–Crippen LogP) is 1.13. The average molecular weight is 299 g/mol. The van der Waals surface area contributed by atoms with Gasteiger partial charge < -0.3 is 15.8 Å². The minimum atomic E-state index is -0.211. The van der Waals surface area contributed by atoms with E-state index in [-0.39, 0.29) is 18.0 Å². The molecule has 3 aromatic rings. The highest BCUT2D eigenvalue weighted by molar-refractivity contribution is 5.82. The number of nitrogen functional groups attached to an aromatic ring is 1. The number of hydrogen-bond donors (Lipinski definition) is 4. The molecule has 2 heterocycles. The molecular formula is C15H17N5O2. The maximum atomic E-state index is 12.3. The van der Waals surface area contributed by atoms with Gasteiger partial charge in [-0.05, 0) is 31.9 Å². The van der Waals surface area contributed by atoms with E-state index >= 15 is 0 Å². The Hall–Kier alpha value is -2.67. The minimum absolute atomic E-state index is 0.0688. The van der Waals surface area contributed by atoms with Gasteiger partial charge in [0.1, 0.15) is 5.82 Å². The molecule has 7 nitrogen and oxygen atoms in total. The van der Waals surface area contributed by atoms with Crippen LogP contribution in [0.1, 0.15) is 17.7 Å². The van der Waals surface area contributed by atoms with Crippen molar-refractivity contribution in [1.29, 1.82) is 0 Å². The lowest BCUT2D eigenvalue weighted by Gasteiger charge is -2.05. The fraction of sp³-hybridized carbons (Fsp3) is 0.267. The van der Waals surface area contributed by atoms with E-state index in [0.29, 0.717) is 35.1 Å². The van der Waals surface area contributed by atoms with E-state index in [9.17, 15) is 4.79 Å². The summed E-state index contributed by atoms with van der Waals surface area (Å²) < 4.78 is 0. The van der Waals surface area contributed by atoms with Gasteiger partial charge in [0, 0.05) is 12.3 Å². The molecule has 0 amide bonds. The number of nitrogens with one attached hydrogen (secondary N) is 2. The number of benzene rings is 1. The summed E-state index contributed by atoms with van der Waals surface area (Å²) in [6.45, 7) is 1.99. The van der Waals surface area contributed by atoms with Crippen molar-refractivity contribution < 1.29 is 5.11 Å². The third kappa shape index (κ3) is 2.46. The van der Waals surface area contributed by atoms with Crippen LogP contribution in [0.15, 0.2) is 23.0 Å². The second-order valence-corrected chi connectivity index (χ2v) is 5.22. The van der Waals surface area contributed by atoms with E-state index < -0.39 is 0 Å². The quantitative estimate of drug-likeness (QED) is 0.575. The number of H-pyrrole nitrogens is 2. The monoisotopic (exact) mass is 299 g/mol. The fourth-order valence-electron chi connectivity index (χ4n) is 2.47. The maximum Gasteiger partial charge on any atom is 0.259 e. The lowest BCUT2D eigenvalue weighted by atomic mass is 10.1. The summed E-state index contributed by atoms with van der Waals surface area (Å²) in [6.07, 6.45) is 1.15. The zero-order valence-corrected chi connectivity index (χ0v) is 12.2. The normalized spacial score (nSPS) is 11.2. The Kier molecular flexibility index (Phi) is 3.64. The van der Waals surface area contributed by atoms with Gasteiger partial charge in [0.15, 0.2) is 5.82 Å². The molecule has 0 aliphatic rings. The highest BCUT2D eigenvalue weighted by Gasteiger charge is 2.16. The molecule has 0 fully saturated rings. The van der Waals surface area contributed by atoms with Crippen LogP contribution in [0.4, 0.5) is 5.82 Å². The van der Waals surface area contributed by atoms with E-state index in [1.54, 1.807) is 6.07 Å². The first-order valence-corrected chi connectivity index (χ1v) is 7.05. The zero-order chi connectivity index (χ0) is 15.7. The van der Waals surface area contributed by atoms with Crippen molar-refractivity contribution >= 4 is 16.7 Å². The smallest absolute Gasteiger partial charge is 0.259 e. The van der Waals surface area contributed by atoms with Crippen molar-refractivity contribution in [2.45, 2.75) is 19.8 Å². The largest absolute Gasteiger partial charge is 0.396 e. The molecule has 0 bridgehead atoms. The van der Waals surface area contributed by atoms with E-state index in [4.69, 9.17) is 10.8 Å². The van der Waals surface area contributed by atoms with E-state index in [1.807, 2.05) is 19.1 Å². The van der Waals surface area contributed by atoms with Crippen LogP contribution >= 0.6 is 0 Å². The molecule has 22 heavy (non-hydrogen) atoms. The van der Waals surface area contributed by atoms with Gasteiger partial charge in [0.2, 0.25) is 0 Å². The van der Waals surface area contributed by atoms with Crippen LogP contribution in [-0.2, 0) is 6.42 Å². The number of fused-ring (bicyclic) bond motifs is 1. The van der Waals surface area contributed by atoms with Gasteiger partial charge in [-0.2, -0.15) is 5.10 Å². The van der Waals surface area contributed by atoms with Crippen molar-refractivity contribution in [3.05, 3.63) is 39.8 Å². The predicted molar refractivity (Wildman–Crippen MR) is 84.5 cm³/mol. The number of aryl methyl sites for hydroxylation is 2. The van der Waals surface area contributed by atoms with Gasteiger partial charge in [0.05, 0.1) is 16.5 Å². The summed E-state index contributed by atoms with van der Waals surface area (Å²) in [5, 5.41) is 16.3. The Morgan fingerprint density at radius 2 is 2.18 bits per heavy atom. The second kappa shape index (κ2) is 5.61. The standard InChI is InChI=1S/C15H17N5O2/c1-8-4-5-10-9(7-8)15(22)18-14(17-10)12-11(3-2-6-21)19-20-13(12)16/h4-5,7,21H,2-3,6H2,1H3,(H3,16,19,20)(H,17,18,22). The summed E-state index contributed by atoms with van der Waals surface area (Å²) in [6, 6.07) is 5.52. The number of aliphatic hydroxyl groups excluding tert-OH is 1. The first kappa shape index (κ1) is 14.3. The van der Waals surface area contributed by atoms with Crippen LogP contribution in [0, 0.1) is 6.92 Å². The Balaban J connectivity index is 2.17. The van der Waals surface area contributed by atoms with Crippen LogP contribution in [0.2, 0.25) is 0 Å². The molecular weight excluding hydrogens is 282 g/mol. The SMILES string of the molecule is Cc1ccc2nc(-c3c(N)n[nH]c3CCCO)[nH]c(=O)c2c1. The Morgan fingerprint density at radius 1 is 1.36 bits per heavy atom. The van der Waals surface area contributed by atoms with Gasteiger partial charge in [-0.15, -0.1) is 0 Å². The third-order valence-electron chi connectivity index (χ3n) is 3.55. The van der Waals surface area contributed by atoms with Gasteiger partial charge in [0.25, 0.3) is 5.56 Å². The minimum Gasteiger partial charge on any atom is -0.396 e. The molecule has 5 N–H and O–H groups in total. The summed E-state index contributed by atoms with van der Waals surface area (Å²) in [7, 11) is 0. The summed E-state index contributed by atoms with van der Waals surface area (Å²) in [5.74, 6) is 0.670. The highest BCUT2D eigenvalue weighted by atomic mass is 16.2. The van der Waals surface area contributed by atoms with Crippen LogP contribution in [-0.4, -0.2) is 31.9 Å². The molecule has 0 aliphatic heterocycles. The Bertz CT molecular complexity index is 881. The number of aromatic nitrogens is 4. The number of aromatic amines is 2. The van der Waals surface area contributed by atoms with Crippen LogP contribution < -0.4 is 11.3 Å². The summed E-state index contributed by atoms with van der Waals surface area (Å²) in [4.78, 5) is 19.5. The molecule has 0 atom stereocenters. The van der Waals surface area contributed by atoms with Crippen molar-refractivity contribution in [2.75, 3.05) is 12.3 Å². The van der Waals surface area contributed by atoms with Crippen LogP contribution in [0.25, 0.3) is 22.3 Å². The first-order chi connectivity index (χ1) is 10.6. The molecule has 3 rings (SSSR count). The van der Waals surface area contributed by atoms with E-state index in [2.05, 4.69) is 20.2 Å². The lowest BCUT2D eigenvalue weighted by molar-refractivity contribution is 0.288. The number of aliphatic hydroxyl groups is 1. The molecule has 0 saturated carbocycles. The lowest BCUT2D eigenvalue weighted by Crippen LogP contribution is -2.10. The molecule has 0 unspecified atom stereocenters. The molecule has 0 radical (unpaired) electrons. The highest BCUT2D eigenvalue weighted by Crippen LogP contribution is 2.26. The van der Waals surface area contributed by atoms with E-state index in [1.165, 1.54) is 0 Å². The van der Waals surface area contributed by atoms with Gasteiger partial charge in [-0.1, -0.05) is 11.6 Å². The fourth-order valence-corrected chi connectivity index (χ4v) is 2.47. The molecule has 0 saturated heterocycles. The average Bonchev–Trinajstić information content (AvgIpc) is 2.86. The zero-order valence-electron chi connectivity index (χ0n) is 12.2. The van der Waals surface area contributed by atoms with E-state index in [0.717, 1.165) is 11.3 Å². The van der Waals surface area contributed by atoms with Gasteiger partial charge >= 0.3 is 0 Å². The Morgan fingerprint density at radius 3 is 2.95 bits per heavy atom. The molecule has 0 spiro atoms. The number of nitrogens with zero attached hydrogens (tertiary/aromatic N) is 2. The van der Waals surface area contributed by atoms with Crippen molar-refractivity contribution in [3.63, 3.8) is 0 Å². The summed E-state index contributed by atoms with van der Waals surface area (Å²) in [5.41, 5.74) is 8.64. The van der Waals surface area contributed by atoms with Crippen LogP contribution in [0.5, 0.6) is 0 Å². The third-order valence-corrected chi connectivity index (χ3v) is 3.55.